The van der Waals surface area contributed by atoms with Crippen molar-refractivity contribution in [3.05, 3.63) is 12.2 Å². The topological polar surface area (TPSA) is 55.4 Å². The first-order valence-corrected chi connectivity index (χ1v) is 5.94. The second-order valence-electron chi connectivity index (χ2n) is 5.46. The predicted molar refractivity (Wildman–Crippen MR) is 65.7 cm³/mol. The van der Waals surface area contributed by atoms with Crippen molar-refractivity contribution in [1.82, 2.24) is 5.32 Å². The Morgan fingerprint density at radius 1 is 1.35 bits per heavy atom. The van der Waals surface area contributed by atoms with Gasteiger partial charge in [-0.25, -0.2) is 4.79 Å². The number of Topliss-reactive ketones (excluding diaryl/α,β-unsaturated/α-hetero) is 1. The summed E-state index contributed by atoms with van der Waals surface area (Å²) in [5.41, 5.74) is -0.498. The third kappa shape index (κ3) is 5.02. The third-order valence-corrected chi connectivity index (χ3v) is 2.60. The number of carbonyl (C=O) groups excluding carboxylic acids is 2. The summed E-state index contributed by atoms with van der Waals surface area (Å²) >= 11 is 0. The van der Waals surface area contributed by atoms with E-state index in [4.69, 9.17) is 4.74 Å². The predicted octanol–water partition coefficient (Wildman–Crippen LogP) is 2.43. The van der Waals surface area contributed by atoms with Gasteiger partial charge in [-0.2, -0.15) is 0 Å². The molecule has 1 aliphatic carbocycles. The van der Waals surface area contributed by atoms with Crippen LogP contribution in [0.5, 0.6) is 0 Å². The fourth-order valence-electron chi connectivity index (χ4n) is 1.79. The van der Waals surface area contributed by atoms with Crippen molar-refractivity contribution in [3.63, 3.8) is 0 Å². The molecule has 0 aliphatic heterocycles. The minimum absolute atomic E-state index is 0.0138. The number of amides is 1. The molecule has 0 aromatic rings. The first-order chi connectivity index (χ1) is 7.78. The highest BCUT2D eigenvalue weighted by Gasteiger charge is 2.24. The number of hydrogen-bond donors (Lipinski definition) is 1. The molecule has 0 saturated heterocycles. The highest BCUT2D eigenvalue weighted by molar-refractivity contribution is 5.79. The van der Waals surface area contributed by atoms with Gasteiger partial charge in [-0.05, 0) is 40.5 Å². The molecule has 1 amide bonds. The van der Waals surface area contributed by atoms with Crippen LogP contribution in [-0.2, 0) is 9.53 Å². The van der Waals surface area contributed by atoms with E-state index in [9.17, 15) is 9.59 Å². The highest BCUT2D eigenvalue weighted by atomic mass is 16.6. The van der Waals surface area contributed by atoms with E-state index in [1.54, 1.807) is 6.92 Å². The van der Waals surface area contributed by atoms with Crippen molar-refractivity contribution in [1.29, 1.82) is 0 Å². The summed E-state index contributed by atoms with van der Waals surface area (Å²) in [7, 11) is 0. The Morgan fingerprint density at radius 3 is 2.53 bits per heavy atom. The van der Waals surface area contributed by atoms with E-state index >= 15 is 0 Å². The van der Waals surface area contributed by atoms with Gasteiger partial charge in [-0.1, -0.05) is 12.2 Å². The van der Waals surface area contributed by atoms with Crippen LogP contribution in [0.1, 0.15) is 40.5 Å². The lowest BCUT2D eigenvalue weighted by atomic mass is 9.88. The maximum atomic E-state index is 11.6. The second kappa shape index (κ2) is 5.34. The number of hydrogen-bond acceptors (Lipinski definition) is 3. The van der Waals surface area contributed by atoms with E-state index in [-0.39, 0.29) is 17.7 Å². The molecule has 4 heteroatoms. The van der Waals surface area contributed by atoms with E-state index < -0.39 is 11.7 Å². The number of rotatable bonds is 2. The number of carbonyl (C=O) groups is 2. The largest absolute Gasteiger partial charge is 0.444 e. The van der Waals surface area contributed by atoms with E-state index in [1.807, 2.05) is 32.9 Å². The maximum absolute atomic E-state index is 11.6. The van der Waals surface area contributed by atoms with Crippen LogP contribution < -0.4 is 5.32 Å². The summed E-state index contributed by atoms with van der Waals surface area (Å²) in [6, 6.07) is -0.104. The van der Waals surface area contributed by atoms with Gasteiger partial charge in [0.15, 0.2) is 0 Å². The minimum atomic E-state index is -0.498. The number of alkyl carbamates (subject to hydrolysis) is 1. The van der Waals surface area contributed by atoms with Crippen LogP contribution in [0.15, 0.2) is 12.2 Å². The fraction of sp³-hybridized carbons (Fsp3) is 0.692. The molecule has 4 nitrogen and oxygen atoms in total. The molecular weight excluding hydrogens is 218 g/mol. The zero-order chi connectivity index (χ0) is 13.1. The Hall–Kier alpha value is -1.32. The Morgan fingerprint density at radius 2 is 2.00 bits per heavy atom. The fourth-order valence-corrected chi connectivity index (χ4v) is 1.79. The smallest absolute Gasteiger partial charge is 0.408 e. The van der Waals surface area contributed by atoms with Crippen LogP contribution >= 0.6 is 0 Å². The van der Waals surface area contributed by atoms with Crippen molar-refractivity contribution >= 4 is 11.9 Å². The molecule has 0 aromatic carbocycles. The van der Waals surface area contributed by atoms with Crippen molar-refractivity contribution in [2.24, 2.45) is 5.92 Å². The van der Waals surface area contributed by atoms with Crippen LogP contribution in [0.3, 0.4) is 0 Å². The van der Waals surface area contributed by atoms with Gasteiger partial charge in [-0.15, -0.1) is 0 Å². The number of nitrogens with one attached hydrogen (secondary N) is 1. The maximum Gasteiger partial charge on any atom is 0.408 e. The van der Waals surface area contributed by atoms with Crippen LogP contribution in [0.4, 0.5) is 4.79 Å². The molecule has 1 N–H and O–H groups in total. The number of ether oxygens (including phenoxy) is 1. The number of allylic oxidation sites excluding steroid dienone is 1. The first-order valence-electron chi connectivity index (χ1n) is 5.94. The molecular formula is C13H21NO3. The minimum Gasteiger partial charge on any atom is -0.444 e. The van der Waals surface area contributed by atoms with Crippen LogP contribution in [0.25, 0.3) is 0 Å². The van der Waals surface area contributed by atoms with Crippen LogP contribution in [0, 0.1) is 5.92 Å². The molecule has 2 unspecified atom stereocenters. The first kappa shape index (κ1) is 13.7. The van der Waals surface area contributed by atoms with Crippen molar-refractivity contribution < 1.29 is 14.3 Å². The third-order valence-electron chi connectivity index (χ3n) is 2.60. The Labute approximate surface area is 102 Å². The average molecular weight is 239 g/mol. The van der Waals surface area contributed by atoms with Crippen molar-refractivity contribution in [3.8, 4) is 0 Å². The van der Waals surface area contributed by atoms with Gasteiger partial charge in [0.25, 0.3) is 0 Å². The van der Waals surface area contributed by atoms with Crippen LogP contribution in [0.2, 0.25) is 0 Å². The summed E-state index contributed by atoms with van der Waals surface area (Å²) in [5.74, 6) is 0.185. The molecule has 2 atom stereocenters. The van der Waals surface area contributed by atoms with Crippen molar-refractivity contribution in [2.45, 2.75) is 52.2 Å². The van der Waals surface area contributed by atoms with E-state index in [0.29, 0.717) is 6.42 Å². The summed E-state index contributed by atoms with van der Waals surface area (Å²) in [6.45, 7) is 7.05. The summed E-state index contributed by atoms with van der Waals surface area (Å²) < 4.78 is 5.17. The summed E-state index contributed by atoms with van der Waals surface area (Å²) in [6.07, 6.45) is 4.85. The molecule has 0 fully saturated rings. The molecule has 96 valence electrons. The van der Waals surface area contributed by atoms with Crippen LogP contribution in [-0.4, -0.2) is 23.5 Å². The standard InChI is InChI=1S/C13H21NO3/c1-9(15)10-6-5-7-11(8-10)14-12(16)17-13(2,3)4/h5,7,10-11H,6,8H2,1-4H3,(H,14,16). The zero-order valence-corrected chi connectivity index (χ0v) is 10.9. The van der Waals surface area contributed by atoms with Crippen molar-refractivity contribution in [2.75, 3.05) is 0 Å². The lowest BCUT2D eigenvalue weighted by Gasteiger charge is -2.26. The molecule has 17 heavy (non-hydrogen) atoms. The lowest BCUT2D eigenvalue weighted by molar-refractivity contribution is -0.121. The molecule has 0 bridgehead atoms. The molecule has 0 aromatic heterocycles. The van der Waals surface area contributed by atoms with Gasteiger partial charge in [0.1, 0.15) is 11.4 Å². The second-order valence-corrected chi connectivity index (χ2v) is 5.46. The molecule has 0 saturated carbocycles. The van der Waals surface area contributed by atoms with Gasteiger partial charge in [0.2, 0.25) is 0 Å². The normalized spacial score (nSPS) is 24.2. The number of ketones is 1. The lowest BCUT2D eigenvalue weighted by Crippen LogP contribution is -2.40. The average Bonchev–Trinajstić information content (AvgIpc) is 2.14. The summed E-state index contributed by atoms with van der Waals surface area (Å²) in [5, 5.41) is 2.76. The monoisotopic (exact) mass is 239 g/mol. The molecule has 1 rings (SSSR count). The van der Waals surface area contributed by atoms with Gasteiger partial charge in [-0.3, -0.25) is 4.79 Å². The van der Waals surface area contributed by atoms with Gasteiger partial charge in [0.05, 0.1) is 6.04 Å². The van der Waals surface area contributed by atoms with E-state index in [1.165, 1.54) is 0 Å². The Bertz CT molecular complexity index is 328. The van der Waals surface area contributed by atoms with E-state index in [0.717, 1.165) is 6.42 Å². The Kier molecular flexibility index (Phi) is 4.32. The summed E-state index contributed by atoms with van der Waals surface area (Å²) in [4.78, 5) is 22.8. The molecule has 0 spiro atoms. The van der Waals surface area contributed by atoms with E-state index in [2.05, 4.69) is 5.32 Å². The van der Waals surface area contributed by atoms with Gasteiger partial charge < -0.3 is 10.1 Å². The van der Waals surface area contributed by atoms with Gasteiger partial charge >= 0.3 is 6.09 Å². The zero-order valence-electron chi connectivity index (χ0n) is 10.9. The van der Waals surface area contributed by atoms with Gasteiger partial charge in [0, 0.05) is 5.92 Å². The molecule has 0 radical (unpaired) electrons. The Balaban J connectivity index is 2.47. The molecule has 0 heterocycles. The molecule has 1 aliphatic rings. The SMILES string of the molecule is CC(=O)C1CC=CC(NC(=O)OC(C)(C)C)C1. The quantitative estimate of drug-likeness (QED) is 0.753. The highest BCUT2D eigenvalue weighted by Crippen LogP contribution is 2.20.